The summed E-state index contributed by atoms with van der Waals surface area (Å²) in [6, 6.07) is 4.41. The first-order chi connectivity index (χ1) is 21.4. The maximum absolute atomic E-state index is 12.9. The highest BCUT2D eigenvalue weighted by atomic mass is 16.7. The maximum Gasteiger partial charge on any atom is 0.514 e. The van der Waals surface area contributed by atoms with Gasteiger partial charge in [-0.15, -0.1) is 0 Å². The number of hydrogen-bond donors (Lipinski definition) is 1. The maximum atomic E-state index is 12.9. The normalized spacial score (nSPS) is 35.8. The number of rotatable bonds is 12. The number of likely N-dealkylation sites (tertiary alicyclic amines) is 1. The predicted molar refractivity (Wildman–Crippen MR) is 168 cm³/mol. The van der Waals surface area contributed by atoms with E-state index < -0.39 is 17.4 Å². The molecule has 0 aromatic heterocycles. The van der Waals surface area contributed by atoms with E-state index in [1.165, 1.54) is 24.0 Å². The van der Waals surface area contributed by atoms with Crippen molar-refractivity contribution in [2.45, 2.75) is 108 Å². The average Bonchev–Trinajstić information content (AvgIpc) is 3.75. The fourth-order valence-corrected chi connectivity index (χ4v) is 10.3. The number of ether oxygens (including phenoxy) is 6. The molecule has 250 valence electrons. The van der Waals surface area contributed by atoms with Gasteiger partial charge in [0.15, 0.2) is 11.5 Å². The van der Waals surface area contributed by atoms with Crippen molar-refractivity contribution in [1.29, 1.82) is 0 Å². The molecule has 1 saturated heterocycles. The van der Waals surface area contributed by atoms with Gasteiger partial charge in [-0.25, -0.2) is 4.79 Å². The highest BCUT2D eigenvalue weighted by Gasteiger charge is 2.82. The molecule has 5 fully saturated rings. The van der Waals surface area contributed by atoms with Crippen LogP contribution in [0.2, 0.25) is 0 Å². The number of piperidine rings is 1. The molecular formula is C36H53NO8. The van der Waals surface area contributed by atoms with Crippen LogP contribution in [0.1, 0.15) is 84.3 Å². The molecule has 7 atom stereocenters. The predicted octanol–water partition coefficient (Wildman–Crippen LogP) is 5.28. The minimum atomic E-state index is -0.986. The number of fused-ring (bicyclic) bond motifs is 2. The Bertz CT molecular complexity index is 1300. The number of aliphatic hydroxyl groups is 1. The van der Waals surface area contributed by atoms with Gasteiger partial charge in [0.25, 0.3) is 0 Å². The Labute approximate surface area is 268 Å². The molecule has 1 aromatic rings. The molecule has 5 aliphatic carbocycles. The van der Waals surface area contributed by atoms with E-state index in [-0.39, 0.29) is 41.5 Å². The zero-order chi connectivity index (χ0) is 31.8. The van der Waals surface area contributed by atoms with Crippen molar-refractivity contribution in [3.8, 4) is 11.5 Å². The van der Waals surface area contributed by atoms with Crippen LogP contribution in [-0.2, 0) is 30.8 Å². The fraction of sp³-hybridized carbons (Fsp3) is 0.806. The first kappa shape index (κ1) is 31.7. The monoisotopic (exact) mass is 627 g/mol. The van der Waals surface area contributed by atoms with Crippen molar-refractivity contribution in [3.63, 3.8) is 0 Å². The molecule has 1 N–H and O–H groups in total. The van der Waals surface area contributed by atoms with Gasteiger partial charge in [-0.3, -0.25) is 4.90 Å². The third-order valence-electron chi connectivity index (χ3n) is 13.1. The number of nitrogens with zero attached hydrogens (tertiary/aromatic N) is 1. The van der Waals surface area contributed by atoms with E-state index in [1.807, 2.05) is 27.0 Å². The Morgan fingerprint density at radius 1 is 1.07 bits per heavy atom. The lowest BCUT2D eigenvalue weighted by Gasteiger charge is -2.75. The Kier molecular flexibility index (Phi) is 7.80. The molecule has 0 radical (unpaired) electrons. The summed E-state index contributed by atoms with van der Waals surface area (Å²) < 4.78 is 35.8. The number of methoxy groups -OCH3 is 1. The largest absolute Gasteiger partial charge is 0.514 e. The molecule has 2 spiro atoms. The smallest absolute Gasteiger partial charge is 0.482 e. The van der Waals surface area contributed by atoms with Gasteiger partial charge in [0.05, 0.1) is 25.4 Å². The van der Waals surface area contributed by atoms with Crippen LogP contribution >= 0.6 is 0 Å². The molecule has 1 aromatic carbocycles. The van der Waals surface area contributed by atoms with E-state index in [4.69, 9.17) is 28.4 Å². The first-order valence-corrected chi connectivity index (χ1v) is 17.3. The van der Waals surface area contributed by atoms with Crippen molar-refractivity contribution in [2.75, 3.05) is 53.2 Å². The highest BCUT2D eigenvalue weighted by molar-refractivity contribution is 5.70. The molecule has 4 bridgehead atoms. The molecule has 45 heavy (non-hydrogen) atoms. The highest BCUT2D eigenvalue weighted by Crippen LogP contribution is 2.78. The van der Waals surface area contributed by atoms with Crippen molar-refractivity contribution in [1.82, 2.24) is 4.90 Å². The zero-order valence-corrected chi connectivity index (χ0v) is 28.1. The molecule has 4 saturated carbocycles. The molecule has 8 rings (SSSR count). The van der Waals surface area contributed by atoms with E-state index in [0.717, 1.165) is 51.1 Å². The summed E-state index contributed by atoms with van der Waals surface area (Å²) in [4.78, 5) is 15.7. The van der Waals surface area contributed by atoms with E-state index in [2.05, 4.69) is 31.7 Å². The molecule has 0 unspecified atom stereocenters. The van der Waals surface area contributed by atoms with E-state index >= 15 is 0 Å². The average molecular weight is 628 g/mol. The minimum Gasteiger partial charge on any atom is -0.482 e. The minimum absolute atomic E-state index is 0.0682. The van der Waals surface area contributed by atoms with Crippen molar-refractivity contribution < 1.29 is 38.3 Å². The van der Waals surface area contributed by atoms with Gasteiger partial charge in [-0.05, 0) is 88.3 Å². The van der Waals surface area contributed by atoms with Gasteiger partial charge in [0.1, 0.15) is 18.3 Å². The SMILES string of the molecule is CCOCCOCCOC(=O)Oc1ccc2c3c1O[C@H]1[C@]4(OC)CC[C@@]5(C[C@@H]4[C@](C)(O)C(C)(C)C)[C@@H](C2)N(CC2CC2)CC[C@]315. The summed E-state index contributed by atoms with van der Waals surface area (Å²) in [7, 11) is 1.81. The van der Waals surface area contributed by atoms with Gasteiger partial charge in [0.2, 0.25) is 0 Å². The second-order valence-corrected chi connectivity index (χ2v) is 15.8. The quantitative estimate of drug-likeness (QED) is 0.189. The van der Waals surface area contributed by atoms with Crippen LogP contribution in [0.3, 0.4) is 0 Å². The third-order valence-corrected chi connectivity index (χ3v) is 13.1. The molecule has 7 aliphatic rings. The van der Waals surface area contributed by atoms with Crippen LogP contribution in [0.15, 0.2) is 12.1 Å². The van der Waals surface area contributed by atoms with Crippen LogP contribution in [-0.4, -0.2) is 92.7 Å². The Balaban J connectivity index is 1.24. The van der Waals surface area contributed by atoms with Crippen LogP contribution in [0, 0.1) is 22.7 Å². The molecule has 0 amide bonds. The molecule has 9 nitrogen and oxygen atoms in total. The van der Waals surface area contributed by atoms with Crippen LogP contribution in [0.25, 0.3) is 0 Å². The Morgan fingerprint density at radius 2 is 1.82 bits per heavy atom. The summed E-state index contributed by atoms with van der Waals surface area (Å²) >= 11 is 0. The van der Waals surface area contributed by atoms with Gasteiger partial charge in [-0.2, -0.15) is 0 Å². The summed E-state index contributed by atoms with van der Waals surface area (Å²) in [5.41, 5.74) is 0.160. The number of carbonyl (C=O) groups excluding carboxylic acids is 1. The summed E-state index contributed by atoms with van der Waals surface area (Å²) in [5.74, 6) is 1.76. The fourth-order valence-electron chi connectivity index (χ4n) is 10.3. The van der Waals surface area contributed by atoms with Crippen LogP contribution in [0.5, 0.6) is 11.5 Å². The van der Waals surface area contributed by atoms with Gasteiger partial charge in [0, 0.05) is 48.6 Å². The van der Waals surface area contributed by atoms with E-state index in [9.17, 15) is 9.90 Å². The summed E-state index contributed by atoms with van der Waals surface area (Å²) in [5, 5.41) is 12.4. The summed E-state index contributed by atoms with van der Waals surface area (Å²) in [6.07, 6.45) is 6.31. The second-order valence-electron chi connectivity index (χ2n) is 15.8. The number of hydrogen-bond acceptors (Lipinski definition) is 9. The lowest BCUT2D eigenvalue weighted by atomic mass is 9.33. The van der Waals surface area contributed by atoms with Crippen molar-refractivity contribution >= 4 is 6.16 Å². The van der Waals surface area contributed by atoms with E-state index in [0.29, 0.717) is 37.4 Å². The zero-order valence-electron chi connectivity index (χ0n) is 28.1. The molecule has 9 heteroatoms. The van der Waals surface area contributed by atoms with E-state index in [1.54, 1.807) is 0 Å². The molecule has 2 aliphatic heterocycles. The van der Waals surface area contributed by atoms with Gasteiger partial charge < -0.3 is 33.5 Å². The van der Waals surface area contributed by atoms with Crippen molar-refractivity contribution in [2.24, 2.45) is 22.7 Å². The number of carbonyl (C=O) groups is 1. The molecule has 2 heterocycles. The lowest BCUT2D eigenvalue weighted by molar-refractivity contribution is -0.312. The van der Waals surface area contributed by atoms with Crippen molar-refractivity contribution in [3.05, 3.63) is 23.3 Å². The van der Waals surface area contributed by atoms with Crippen LogP contribution < -0.4 is 9.47 Å². The molecular weight excluding hydrogens is 574 g/mol. The first-order valence-electron chi connectivity index (χ1n) is 17.3. The standard InChI is InChI=1S/C36H53NO8/c1-7-41-16-17-42-18-19-43-31(38)44-25-11-10-24-20-27-34-12-13-36(40-6,26(21-34)33(5,39)32(2,3)4)30-35(34,28(24)29(25)45-30)14-15-37(27)22-23-8-9-23/h10-11,23,26-27,30,39H,7-9,12-22H2,1-6H3/t26-,27-,30-,33+,34-,35+,36+/m1/s1. The topological polar surface area (TPSA) is 95.9 Å². The summed E-state index contributed by atoms with van der Waals surface area (Å²) in [6.45, 7) is 14.5. The van der Waals surface area contributed by atoms with Gasteiger partial charge in [-0.1, -0.05) is 26.8 Å². The second kappa shape index (κ2) is 11.1. The lowest BCUT2D eigenvalue weighted by Crippen LogP contribution is -2.83. The Hall–Kier alpha value is -1.91. The Morgan fingerprint density at radius 3 is 2.53 bits per heavy atom. The van der Waals surface area contributed by atoms with Crippen LogP contribution in [0.4, 0.5) is 4.79 Å². The third kappa shape index (κ3) is 4.54. The van der Waals surface area contributed by atoms with Gasteiger partial charge >= 0.3 is 6.16 Å². The number of benzene rings is 1.